The quantitative estimate of drug-likeness (QED) is 0.332. The molecule has 1 atom stereocenters. The number of hydrogen-bond donors (Lipinski definition) is 3. The van der Waals surface area contributed by atoms with E-state index in [1.54, 1.807) is 6.92 Å². The highest BCUT2D eigenvalue weighted by molar-refractivity contribution is 7.99. The predicted molar refractivity (Wildman–Crippen MR) is 48.3 cm³/mol. The summed E-state index contributed by atoms with van der Waals surface area (Å²) in [7, 11) is 0. The minimum absolute atomic E-state index is 0.165. The third kappa shape index (κ3) is 5.02. The lowest BCUT2D eigenvalue weighted by Gasteiger charge is -2.14. The summed E-state index contributed by atoms with van der Waals surface area (Å²) in [5, 5.41) is 0. The molecule has 0 aliphatic heterocycles. The van der Waals surface area contributed by atoms with Gasteiger partial charge < -0.3 is 5.73 Å². The lowest BCUT2D eigenvalue weighted by molar-refractivity contribution is -0.142. The zero-order valence-corrected chi connectivity index (χ0v) is 8.04. The SMILES string of the molecule is CC(N)CSCC(F)(F)C(=O)NN. The Morgan fingerprint density at radius 1 is 1.69 bits per heavy atom. The zero-order valence-electron chi connectivity index (χ0n) is 7.22. The molecule has 0 heterocycles. The third-order valence-electron chi connectivity index (χ3n) is 1.13. The molecule has 0 saturated heterocycles. The van der Waals surface area contributed by atoms with Crippen LogP contribution in [0.25, 0.3) is 0 Å². The van der Waals surface area contributed by atoms with Crippen LogP contribution < -0.4 is 17.0 Å². The van der Waals surface area contributed by atoms with Crippen LogP contribution in [0.15, 0.2) is 0 Å². The monoisotopic (exact) mass is 213 g/mol. The van der Waals surface area contributed by atoms with Gasteiger partial charge in [0.1, 0.15) is 0 Å². The Hall–Kier alpha value is -0.400. The lowest BCUT2D eigenvalue weighted by Crippen LogP contribution is -2.45. The Morgan fingerprint density at radius 2 is 2.23 bits per heavy atom. The van der Waals surface area contributed by atoms with Crippen LogP contribution in [0, 0.1) is 0 Å². The molecule has 78 valence electrons. The van der Waals surface area contributed by atoms with E-state index in [4.69, 9.17) is 5.73 Å². The molecule has 13 heavy (non-hydrogen) atoms. The summed E-state index contributed by atoms with van der Waals surface area (Å²) in [6.45, 7) is 1.70. The number of hydrazine groups is 1. The van der Waals surface area contributed by atoms with Crippen LogP contribution in [0.3, 0.4) is 0 Å². The van der Waals surface area contributed by atoms with Crippen molar-refractivity contribution in [1.29, 1.82) is 0 Å². The normalized spacial score (nSPS) is 13.9. The zero-order chi connectivity index (χ0) is 10.5. The lowest BCUT2D eigenvalue weighted by atomic mass is 10.4. The predicted octanol–water partition coefficient (Wildman–Crippen LogP) is -0.308. The van der Waals surface area contributed by atoms with Gasteiger partial charge in [-0.3, -0.25) is 10.2 Å². The second-order valence-corrected chi connectivity index (χ2v) is 3.70. The van der Waals surface area contributed by atoms with E-state index in [2.05, 4.69) is 5.84 Å². The van der Waals surface area contributed by atoms with Gasteiger partial charge in [0.15, 0.2) is 0 Å². The fourth-order valence-electron chi connectivity index (χ4n) is 0.544. The summed E-state index contributed by atoms with van der Waals surface area (Å²) < 4.78 is 25.4. The molecule has 1 amide bonds. The van der Waals surface area contributed by atoms with Crippen molar-refractivity contribution in [2.24, 2.45) is 11.6 Å². The molecule has 0 aromatic rings. The molecule has 0 aromatic carbocycles. The largest absolute Gasteiger partial charge is 0.334 e. The Balaban J connectivity index is 3.82. The number of rotatable bonds is 5. The van der Waals surface area contributed by atoms with Crippen LogP contribution in [0.2, 0.25) is 0 Å². The summed E-state index contributed by atoms with van der Waals surface area (Å²) >= 11 is 0.921. The van der Waals surface area contributed by atoms with Crippen LogP contribution in [0.5, 0.6) is 0 Å². The van der Waals surface area contributed by atoms with Crippen LogP contribution in [-0.2, 0) is 4.79 Å². The van der Waals surface area contributed by atoms with Crippen LogP contribution in [-0.4, -0.2) is 29.4 Å². The van der Waals surface area contributed by atoms with E-state index in [0.29, 0.717) is 5.75 Å². The summed E-state index contributed by atoms with van der Waals surface area (Å²) in [6.07, 6.45) is 0. The van der Waals surface area contributed by atoms with Gasteiger partial charge in [-0.25, -0.2) is 5.84 Å². The molecule has 4 nitrogen and oxygen atoms in total. The number of halogens is 2. The number of nitrogens with one attached hydrogen (secondary N) is 1. The summed E-state index contributed by atoms with van der Waals surface area (Å²) in [5.41, 5.74) is 6.75. The van der Waals surface area contributed by atoms with E-state index < -0.39 is 17.6 Å². The minimum Gasteiger partial charge on any atom is -0.327 e. The fraction of sp³-hybridized carbons (Fsp3) is 0.833. The van der Waals surface area contributed by atoms with Gasteiger partial charge in [-0.2, -0.15) is 20.5 Å². The standard InChI is InChI=1S/C6H13F2N3OS/c1-4(9)2-13-3-6(7,8)5(12)11-10/h4H,2-3,9-10H2,1H3,(H,11,12). The van der Waals surface area contributed by atoms with Gasteiger partial charge in [0.2, 0.25) is 0 Å². The van der Waals surface area contributed by atoms with E-state index >= 15 is 0 Å². The molecular formula is C6H13F2N3OS. The molecule has 0 fully saturated rings. The van der Waals surface area contributed by atoms with E-state index in [1.165, 1.54) is 5.43 Å². The highest BCUT2D eigenvalue weighted by Gasteiger charge is 2.37. The second-order valence-electron chi connectivity index (χ2n) is 2.67. The van der Waals surface area contributed by atoms with Gasteiger partial charge in [-0.1, -0.05) is 0 Å². The van der Waals surface area contributed by atoms with Crippen molar-refractivity contribution in [3.05, 3.63) is 0 Å². The van der Waals surface area contributed by atoms with Gasteiger partial charge in [0, 0.05) is 11.8 Å². The molecule has 5 N–H and O–H groups in total. The first-order chi connectivity index (χ1) is 5.90. The van der Waals surface area contributed by atoms with Gasteiger partial charge in [-0.05, 0) is 6.92 Å². The number of nitrogens with two attached hydrogens (primary N) is 2. The van der Waals surface area contributed by atoms with E-state index in [0.717, 1.165) is 11.8 Å². The maximum Gasteiger partial charge on any atom is 0.334 e. The molecule has 0 saturated carbocycles. The van der Waals surface area contributed by atoms with Crippen molar-refractivity contribution in [3.8, 4) is 0 Å². The van der Waals surface area contributed by atoms with Crippen molar-refractivity contribution in [1.82, 2.24) is 5.43 Å². The molecule has 0 bridgehead atoms. The van der Waals surface area contributed by atoms with E-state index in [-0.39, 0.29) is 6.04 Å². The van der Waals surface area contributed by atoms with Crippen molar-refractivity contribution >= 4 is 17.7 Å². The molecule has 0 spiro atoms. The van der Waals surface area contributed by atoms with E-state index in [1.807, 2.05) is 0 Å². The first kappa shape index (κ1) is 12.6. The number of thioether (sulfide) groups is 1. The Morgan fingerprint density at radius 3 is 2.62 bits per heavy atom. The van der Waals surface area contributed by atoms with Crippen molar-refractivity contribution in [2.45, 2.75) is 18.9 Å². The summed E-state index contributed by atoms with van der Waals surface area (Å²) in [5.74, 6) is -0.531. The Bertz CT molecular complexity index is 177. The molecule has 0 aliphatic carbocycles. The fourth-order valence-corrected chi connectivity index (χ4v) is 1.42. The summed E-state index contributed by atoms with van der Waals surface area (Å²) in [4.78, 5) is 10.5. The topological polar surface area (TPSA) is 81.1 Å². The second kappa shape index (κ2) is 5.36. The summed E-state index contributed by atoms with van der Waals surface area (Å²) in [6, 6.07) is -0.165. The maximum atomic E-state index is 12.7. The van der Waals surface area contributed by atoms with Gasteiger partial charge in [0.25, 0.3) is 0 Å². The first-order valence-electron chi connectivity index (χ1n) is 3.62. The third-order valence-corrected chi connectivity index (χ3v) is 2.46. The van der Waals surface area contributed by atoms with Crippen LogP contribution >= 0.6 is 11.8 Å². The number of carbonyl (C=O) groups is 1. The molecule has 0 aromatic heterocycles. The van der Waals surface area contributed by atoms with Gasteiger partial charge in [0.05, 0.1) is 5.75 Å². The number of carbonyl (C=O) groups excluding carboxylic acids is 1. The minimum atomic E-state index is -3.42. The highest BCUT2D eigenvalue weighted by Crippen LogP contribution is 2.20. The molecule has 0 radical (unpaired) electrons. The Kier molecular flexibility index (Phi) is 5.19. The Labute approximate surface area is 79.4 Å². The van der Waals surface area contributed by atoms with Crippen LogP contribution in [0.4, 0.5) is 8.78 Å². The van der Waals surface area contributed by atoms with E-state index in [9.17, 15) is 13.6 Å². The maximum absolute atomic E-state index is 12.7. The average Bonchev–Trinajstić information content (AvgIpc) is 2.01. The molecule has 7 heteroatoms. The molecule has 1 unspecified atom stereocenters. The van der Waals surface area contributed by atoms with Crippen molar-refractivity contribution < 1.29 is 13.6 Å². The number of alkyl halides is 2. The van der Waals surface area contributed by atoms with Gasteiger partial charge in [-0.15, -0.1) is 0 Å². The molecular weight excluding hydrogens is 200 g/mol. The van der Waals surface area contributed by atoms with Crippen molar-refractivity contribution in [2.75, 3.05) is 11.5 Å². The smallest absolute Gasteiger partial charge is 0.327 e. The number of hydrogen-bond acceptors (Lipinski definition) is 4. The molecule has 0 aliphatic rings. The molecule has 0 rings (SSSR count). The van der Waals surface area contributed by atoms with Crippen LogP contribution in [0.1, 0.15) is 6.92 Å². The number of amides is 1. The highest BCUT2D eigenvalue weighted by atomic mass is 32.2. The van der Waals surface area contributed by atoms with Gasteiger partial charge >= 0.3 is 11.8 Å². The first-order valence-corrected chi connectivity index (χ1v) is 4.78. The van der Waals surface area contributed by atoms with Crippen molar-refractivity contribution in [3.63, 3.8) is 0 Å². The average molecular weight is 213 g/mol.